The molecule has 2 N–H and O–H groups in total. The Morgan fingerprint density at radius 1 is 1.46 bits per heavy atom. The van der Waals surface area contributed by atoms with Crippen LogP contribution in [0.5, 0.6) is 0 Å². The second-order valence-electron chi connectivity index (χ2n) is 2.66. The molecule has 2 aromatic rings. The Kier molecular flexibility index (Phi) is 1.60. The third-order valence-corrected chi connectivity index (χ3v) is 1.73. The highest BCUT2D eigenvalue weighted by Crippen LogP contribution is 2.20. The third-order valence-electron chi connectivity index (χ3n) is 1.73. The second-order valence-corrected chi connectivity index (χ2v) is 2.66. The predicted molar refractivity (Wildman–Crippen MR) is 44.9 cm³/mol. The minimum Gasteiger partial charge on any atom is -0.456 e. The van der Waals surface area contributed by atoms with E-state index in [1.807, 2.05) is 0 Å². The summed E-state index contributed by atoms with van der Waals surface area (Å²) in [5.41, 5.74) is 2.67. The van der Waals surface area contributed by atoms with Crippen molar-refractivity contribution in [3.63, 3.8) is 0 Å². The van der Waals surface area contributed by atoms with Crippen LogP contribution >= 0.6 is 0 Å². The summed E-state index contributed by atoms with van der Waals surface area (Å²) in [6.07, 6.45) is 1.43. The molecule has 2 aromatic heterocycles. The molecule has 0 unspecified atom stereocenters. The zero-order valence-electron chi connectivity index (χ0n) is 6.83. The lowest BCUT2D eigenvalue weighted by Crippen LogP contribution is -2.00. The van der Waals surface area contributed by atoms with Gasteiger partial charge in [-0.2, -0.15) is 0 Å². The van der Waals surface area contributed by atoms with Crippen LogP contribution in [-0.4, -0.2) is 5.21 Å². The molecule has 0 fully saturated rings. The van der Waals surface area contributed by atoms with Gasteiger partial charge in [-0.25, -0.2) is 5.48 Å². The lowest BCUT2D eigenvalue weighted by molar-refractivity contribution is 0.364. The van der Waals surface area contributed by atoms with Gasteiger partial charge in [0, 0.05) is 5.56 Å². The van der Waals surface area contributed by atoms with E-state index < -0.39 is 0 Å². The van der Waals surface area contributed by atoms with Crippen molar-refractivity contribution < 1.29 is 14.0 Å². The summed E-state index contributed by atoms with van der Waals surface area (Å²) in [6, 6.07) is 1.12. The van der Waals surface area contributed by atoms with Crippen molar-refractivity contribution in [3.05, 3.63) is 28.1 Å². The molecule has 0 aliphatic rings. The van der Waals surface area contributed by atoms with Crippen LogP contribution in [0.1, 0.15) is 5.56 Å². The van der Waals surface area contributed by atoms with Gasteiger partial charge >= 0.3 is 0 Å². The Labute approximate surface area is 72.5 Å². The zero-order chi connectivity index (χ0) is 9.42. The van der Waals surface area contributed by atoms with E-state index >= 15 is 0 Å². The fourth-order valence-electron chi connectivity index (χ4n) is 1.11. The van der Waals surface area contributed by atoms with E-state index in [0.29, 0.717) is 11.1 Å². The molecular weight excluding hydrogens is 174 g/mol. The molecule has 0 aliphatic carbocycles. The molecule has 0 saturated carbocycles. The molecule has 5 heteroatoms. The number of nitrogens with one attached hydrogen (secondary N) is 1. The molecule has 0 saturated heterocycles. The smallest absolute Gasteiger partial charge is 0.230 e. The van der Waals surface area contributed by atoms with Gasteiger partial charge in [-0.15, -0.1) is 0 Å². The summed E-state index contributed by atoms with van der Waals surface area (Å²) in [7, 11) is 0. The number of fused-ring (bicyclic) bond motifs is 1. The summed E-state index contributed by atoms with van der Waals surface area (Å²) >= 11 is 0. The van der Waals surface area contributed by atoms with E-state index in [1.54, 1.807) is 12.4 Å². The van der Waals surface area contributed by atoms with E-state index in [-0.39, 0.29) is 16.9 Å². The van der Waals surface area contributed by atoms with Crippen molar-refractivity contribution >= 4 is 17.1 Å². The second kappa shape index (κ2) is 2.63. The van der Waals surface area contributed by atoms with E-state index in [9.17, 15) is 4.79 Å². The topological polar surface area (TPSA) is 75.6 Å². The SMILES string of the molecule is Cc1coc2c(=O)cc(NO)oc12. The molecule has 0 spiro atoms. The normalized spacial score (nSPS) is 10.6. The monoisotopic (exact) mass is 181 g/mol. The van der Waals surface area contributed by atoms with E-state index in [1.165, 1.54) is 6.26 Å². The van der Waals surface area contributed by atoms with Gasteiger partial charge in [0.05, 0.1) is 12.3 Å². The molecule has 0 amide bonds. The van der Waals surface area contributed by atoms with E-state index in [4.69, 9.17) is 14.0 Å². The molecule has 2 heterocycles. The van der Waals surface area contributed by atoms with Crippen molar-refractivity contribution in [3.8, 4) is 0 Å². The summed E-state index contributed by atoms with van der Waals surface area (Å²) in [4.78, 5) is 11.3. The molecule has 0 radical (unpaired) electrons. The Bertz CT molecular complexity index is 496. The molecule has 0 atom stereocenters. The molecule has 0 bridgehead atoms. The Morgan fingerprint density at radius 2 is 2.23 bits per heavy atom. The molecule has 0 aromatic carbocycles. The van der Waals surface area contributed by atoms with Crippen LogP contribution in [0.4, 0.5) is 5.88 Å². The van der Waals surface area contributed by atoms with Crippen LogP contribution in [0.3, 0.4) is 0 Å². The van der Waals surface area contributed by atoms with Crippen molar-refractivity contribution in [2.45, 2.75) is 6.92 Å². The average Bonchev–Trinajstić information content (AvgIpc) is 2.48. The third kappa shape index (κ3) is 1.09. The van der Waals surface area contributed by atoms with Gasteiger partial charge in [0.2, 0.25) is 16.9 Å². The van der Waals surface area contributed by atoms with Gasteiger partial charge in [0.1, 0.15) is 0 Å². The van der Waals surface area contributed by atoms with Crippen LogP contribution < -0.4 is 10.9 Å². The Morgan fingerprint density at radius 3 is 2.92 bits per heavy atom. The van der Waals surface area contributed by atoms with E-state index in [0.717, 1.165) is 6.07 Å². The quantitative estimate of drug-likeness (QED) is 0.652. The fraction of sp³-hybridized carbons (Fsp3) is 0.125. The van der Waals surface area contributed by atoms with Crippen molar-refractivity contribution in [1.29, 1.82) is 0 Å². The standard InChI is InChI=1S/C8H7NO4/c1-4-3-12-8-5(10)2-6(9-11)13-7(4)8/h2-3,9,11H,1H3. The first-order chi connectivity index (χ1) is 6.22. The minimum absolute atomic E-state index is 0.00185. The summed E-state index contributed by atoms with van der Waals surface area (Å²) < 4.78 is 10.1. The fourth-order valence-corrected chi connectivity index (χ4v) is 1.11. The largest absolute Gasteiger partial charge is 0.456 e. The van der Waals surface area contributed by atoms with Crippen molar-refractivity contribution in [2.75, 3.05) is 5.48 Å². The van der Waals surface area contributed by atoms with E-state index in [2.05, 4.69) is 0 Å². The highest BCUT2D eigenvalue weighted by molar-refractivity contribution is 5.74. The Hall–Kier alpha value is -1.75. The number of anilines is 1. The predicted octanol–water partition coefficient (Wildman–Crippen LogP) is 1.50. The van der Waals surface area contributed by atoms with Gasteiger partial charge in [-0.05, 0) is 6.92 Å². The maximum atomic E-state index is 11.3. The first-order valence-electron chi connectivity index (χ1n) is 3.64. The highest BCUT2D eigenvalue weighted by Gasteiger charge is 2.09. The van der Waals surface area contributed by atoms with Crippen LogP contribution in [0.25, 0.3) is 11.2 Å². The lowest BCUT2D eigenvalue weighted by atomic mass is 10.3. The van der Waals surface area contributed by atoms with Gasteiger partial charge in [0.15, 0.2) is 5.58 Å². The van der Waals surface area contributed by atoms with Gasteiger partial charge in [-0.3, -0.25) is 10.0 Å². The van der Waals surface area contributed by atoms with Gasteiger partial charge in [-0.1, -0.05) is 0 Å². The van der Waals surface area contributed by atoms with Crippen molar-refractivity contribution in [1.82, 2.24) is 0 Å². The summed E-state index contributed by atoms with van der Waals surface area (Å²) in [5, 5.41) is 8.54. The number of rotatable bonds is 1. The van der Waals surface area contributed by atoms with Gasteiger partial charge < -0.3 is 8.83 Å². The number of hydrogen-bond acceptors (Lipinski definition) is 5. The molecular formula is C8H7NO4. The van der Waals surface area contributed by atoms with Gasteiger partial charge in [0.25, 0.3) is 0 Å². The van der Waals surface area contributed by atoms with Crippen LogP contribution in [0.2, 0.25) is 0 Å². The molecule has 5 nitrogen and oxygen atoms in total. The zero-order valence-corrected chi connectivity index (χ0v) is 6.83. The molecule has 68 valence electrons. The highest BCUT2D eigenvalue weighted by atomic mass is 16.5. The Balaban J connectivity index is 2.88. The maximum Gasteiger partial charge on any atom is 0.230 e. The molecule has 13 heavy (non-hydrogen) atoms. The minimum atomic E-state index is -0.328. The number of furan rings is 1. The first-order valence-corrected chi connectivity index (χ1v) is 3.64. The molecule has 2 rings (SSSR count). The van der Waals surface area contributed by atoms with Crippen molar-refractivity contribution in [2.24, 2.45) is 0 Å². The maximum absolute atomic E-state index is 11.3. The first kappa shape index (κ1) is 7.88. The summed E-state index contributed by atoms with van der Waals surface area (Å²) in [5.74, 6) is 0.00185. The lowest BCUT2D eigenvalue weighted by Gasteiger charge is -1.95. The number of hydrogen-bond donors (Lipinski definition) is 2. The number of aryl methyl sites for hydroxylation is 1. The average molecular weight is 181 g/mol. The van der Waals surface area contributed by atoms with Crippen LogP contribution in [0.15, 0.2) is 26.0 Å². The van der Waals surface area contributed by atoms with Crippen LogP contribution in [0, 0.1) is 6.92 Å². The van der Waals surface area contributed by atoms with Crippen LogP contribution in [-0.2, 0) is 0 Å². The molecule has 0 aliphatic heterocycles. The summed E-state index contributed by atoms with van der Waals surface area (Å²) in [6.45, 7) is 1.75.